The van der Waals surface area contributed by atoms with Crippen molar-refractivity contribution in [2.24, 2.45) is 17.3 Å². The van der Waals surface area contributed by atoms with E-state index in [1.165, 1.54) is 32.9 Å². The van der Waals surface area contributed by atoms with Crippen molar-refractivity contribution in [2.75, 3.05) is 53.5 Å². The molecular formula is C54H68F3N9O7S. The molecule has 0 spiro atoms. The first-order valence-electron chi connectivity index (χ1n) is 25.5. The van der Waals surface area contributed by atoms with E-state index in [-0.39, 0.29) is 44.4 Å². The number of benzene rings is 1. The standard InChI is InChI=1S/C54H68F3N9O7S/c1-32(2)45(62(8)49(69)35-18-24-63(28-35)43(67)17-19-53(6,7)64-21-12-22-64)47(68)60-41-26-36-29-74-48(59-36)34-15-16-42-38(25-34)39(27-52(4,5)31-73-51(71)40-14-11-23-66(61-40)50(41)70)46(65(42)30-54(55,56)57)37-13-10-20-58-44(37)33(3)72-9/h10,13,15-16,20,25,29,32-33,35,40-41,45,61H,11-12,14,18,21-24,26-28,30-31H2,1-9H3,(H,60,68)/t33-,35?,40-,41-,45-/m0/s1. The lowest BCUT2D eigenvalue weighted by Crippen LogP contribution is -2.62. The number of rotatable bonds is 10. The van der Waals surface area contributed by atoms with E-state index in [1.807, 2.05) is 47.6 Å². The third-order valence-corrected chi connectivity index (χ3v) is 15.7. The minimum Gasteiger partial charge on any atom is -0.464 e. The topological polar surface area (TPSA) is 172 Å². The molecule has 4 amide bonds. The number of likely N-dealkylation sites (N-methyl/N-ethyl adjacent to an activating group) is 1. The van der Waals surface area contributed by atoms with Crippen LogP contribution in [0.4, 0.5) is 13.2 Å². The third-order valence-electron chi connectivity index (χ3n) is 14.8. The van der Waals surface area contributed by atoms with E-state index in [4.69, 9.17) is 14.5 Å². The predicted octanol–water partition coefficient (Wildman–Crippen LogP) is 6.56. The van der Waals surface area contributed by atoms with Crippen molar-refractivity contribution >= 4 is 51.8 Å². The highest BCUT2D eigenvalue weighted by Gasteiger charge is 2.41. The Hall–Kier alpha value is -5.88. The van der Waals surface area contributed by atoms with E-state index in [1.54, 1.807) is 54.7 Å². The number of nitrogens with zero attached hydrogens (tertiary/aromatic N) is 7. The van der Waals surface area contributed by atoms with E-state index in [2.05, 4.69) is 32.5 Å². The number of nitrogens with one attached hydrogen (secondary N) is 2. The minimum atomic E-state index is -4.60. The molecule has 7 heterocycles. The monoisotopic (exact) mass is 1040 g/mol. The van der Waals surface area contributed by atoms with Gasteiger partial charge in [0.1, 0.15) is 29.7 Å². The molecule has 74 heavy (non-hydrogen) atoms. The highest BCUT2D eigenvalue weighted by molar-refractivity contribution is 7.13. The van der Waals surface area contributed by atoms with Crippen molar-refractivity contribution in [2.45, 2.75) is 129 Å². The lowest BCUT2D eigenvalue weighted by atomic mass is 9.84. The van der Waals surface area contributed by atoms with Crippen LogP contribution in [0.2, 0.25) is 0 Å². The Morgan fingerprint density at radius 2 is 1.82 bits per heavy atom. The van der Waals surface area contributed by atoms with Crippen LogP contribution in [0.25, 0.3) is 32.7 Å². The molecule has 0 saturated carbocycles. The van der Waals surface area contributed by atoms with Gasteiger partial charge >= 0.3 is 12.1 Å². The number of carbonyl (C=O) groups is 5. The molecule has 16 nitrogen and oxygen atoms in total. The summed E-state index contributed by atoms with van der Waals surface area (Å²) < 4.78 is 57.0. The number of ether oxygens (including phenoxy) is 2. The fraction of sp³-hybridized carbons (Fsp3) is 0.574. The molecular weight excluding hydrogens is 976 g/mol. The zero-order valence-electron chi connectivity index (χ0n) is 43.7. The van der Waals surface area contributed by atoms with Crippen LogP contribution in [0.5, 0.6) is 0 Å². The Labute approximate surface area is 434 Å². The number of fused-ring (bicyclic) bond motifs is 6. The summed E-state index contributed by atoms with van der Waals surface area (Å²) in [5.74, 6) is 2.60. The highest BCUT2D eigenvalue weighted by Crippen LogP contribution is 2.43. The zero-order chi connectivity index (χ0) is 53.4. The molecule has 20 heteroatoms. The van der Waals surface area contributed by atoms with Gasteiger partial charge in [-0.05, 0) is 101 Å². The fourth-order valence-electron chi connectivity index (χ4n) is 10.6. The first-order chi connectivity index (χ1) is 34.9. The van der Waals surface area contributed by atoms with Gasteiger partial charge in [-0.15, -0.1) is 11.3 Å². The van der Waals surface area contributed by atoms with Crippen LogP contribution in [-0.2, 0) is 52.8 Å². The maximum atomic E-state index is 14.7. The van der Waals surface area contributed by atoms with Crippen molar-refractivity contribution in [3.8, 4) is 33.7 Å². The number of amides is 4. The second-order valence-electron chi connectivity index (χ2n) is 21.8. The van der Waals surface area contributed by atoms with Crippen LogP contribution in [0.3, 0.4) is 0 Å². The molecule has 2 N–H and O–H groups in total. The number of methoxy groups -OCH3 is 1. The Morgan fingerprint density at radius 3 is 2.51 bits per heavy atom. The van der Waals surface area contributed by atoms with Crippen LogP contribution in [0, 0.1) is 29.1 Å². The third kappa shape index (κ3) is 11.8. The molecule has 398 valence electrons. The van der Waals surface area contributed by atoms with Crippen LogP contribution < -0.4 is 10.7 Å². The molecule has 3 fully saturated rings. The number of likely N-dealkylation sites (tertiary alicyclic amines) is 2. The highest BCUT2D eigenvalue weighted by atomic mass is 32.1. The number of cyclic esters (lactones) is 1. The van der Waals surface area contributed by atoms with Gasteiger partial charge in [0.2, 0.25) is 11.8 Å². The maximum absolute atomic E-state index is 14.7. The van der Waals surface area contributed by atoms with Crippen molar-refractivity contribution in [1.29, 1.82) is 0 Å². The summed E-state index contributed by atoms with van der Waals surface area (Å²) in [5.41, 5.74) is 5.09. The number of aromatic nitrogens is 3. The quantitative estimate of drug-likeness (QED) is 0.130. The SMILES string of the molecule is CO[C@@H](C)c1ncccc1-c1c2c3cc(ccc3n1CC(F)(F)F)-c1nc(cs1)C[C@H](NC(=O)[C@H](C(C)C)N(C)C(=O)C1CCN(C(=O)C#CC(C)(C)N3CCC3)C1)C(=O)N1CCC[C@H](N1)C(=O)OCC(C)(C)C2. The number of hydrogen-bond acceptors (Lipinski definition) is 12. The molecule has 0 radical (unpaired) electrons. The molecule has 1 aromatic carbocycles. The molecule has 5 atom stereocenters. The van der Waals surface area contributed by atoms with Crippen LogP contribution >= 0.6 is 11.3 Å². The van der Waals surface area contributed by atoms with Gasteiger partial charge in [0.25, 0.3) is 11.8 Å². The molecule has 4 aliphatic heterocycles. The van der Waals surface area contributed by atoms with Gasteiger partial charge in [-0.2, -0.15) is 13.2 Å². The molecule has 6 bridgehead atoms. The molecule has 4 aromatic rings. The van der Waals surface area contributed by atoms with Crippen LogP contribution in [-0.4, -0.2) is 147 Å². The first kappa shape index (κ1) is 54.4. The van der Waals surface area contributed by atoms with Gasteiger partial charge in [0.15, 0.2) is 0 Å². The number of alkyl halides is 3. The average molecular weight is 1040 g/mol. The summed E-state index contributed by atoms with van der Waals surface area (Å²) in [5, 5.41) is 7.17. The molecule has 4 aliphatic rings. The first-order valence-corrected chi connectivity index (χ1v) is 26.4. The van der Waals surface area contributed by atoms with Crippen molar-refractivity contribution in [1.82, 2.24) is 45.0 Å². The second kappa shape index (κ2) is 21.8. The predicted molar refractivity (Wildman–Crippen MR) is 274 cm³/mol. The van der Waals surface area contributed by atoms with Gasteiger partial charge in [-0.3, -0.25) is 38.9 Å². The Balaban J connectivity index is 1.12. The van der Waals surface area contributed by atoms with E-state index < -0.39 is 77.5 Å². The molecule has 0 aliphatic carbocycles. The largest absolute Gasteiger partial charge is 0.464 e. The van der Waals surface area contributed by atoms with Crippen molar-refractivity contribution < 1.29 is 46.6 Å². The molecule has 3 saturated heterocycles. The second-order valence-corrected chi connectivity index (χ2v) is 22.6. The molecule has 8 rings (SSSR count). The van der Waals surface area contributed by atoms with Crippen molar-refractivity contribution in [3.05, 3.63) is 58.9 Å². The van der Waals surface area contributed by atoms with E-state index in [9.17, 15) is 37.1 Å². The number of carbonyl (C=O) groups excluding carboxylic acids is 5. The lowest BCUT2D eigenvalue weighted by Gasteiger charge is -2.41. The van der Waals surface area contributed by atoms with Gasteiger partial charge in [-0.1, -0.05) is 33.6 Å². The summed E-state index contributed by atoms with van der Waals surface area (Å²) in [6.07, 6.45) is -1.15. The number of esters is 1. The van der Waals surface area contributed by atoms with Crippen molar-refractivity contribution in [3.63, 3.8) is 0 Å². The summed E-state index contributed by atoms with van der Waals surface area (Å²) in [7, 11) is 3.08. The van der Waals surface area contributed by atoms with Gasteiger partial charge in [0.05, 0.1) is 41.2 Å². The average Bonchev–Trinajstić information content (AvgIpc) is 4.09. The number of hydrazine groups is 1. The Kier molecular flexibility index (Phi) is 16.0. The molecule has 1 unspecified atom stereocenters. The Morgan fingerprint density at radius 1 is 1.07 bits per heavy atom. The zero-order valence-corrected chi connectivity index (χ0v) is 44.5. The normalized spacial score (nSPS) is 21.6. The lowest BCUT2D eigenvalue weighted by molar-refractivity contribution is -0.155. The number of halogens is 3. The van der Waals surface area contributed by atoms with E-state index >= 15 is 0 Å². The van der Waals surface area contributed by atoms with Crippen LogP contribution in [0.1, 0.15) is 97.2 Å². The summed E-state index contributed by atoms with van der Waals surface area (Å²) in [6, 6.07) is 5.51. The smallest absolute Gasteiger partial charge is 0.406 e. The minimum absolute atomic E-state index is 0.0681. The molecule has 3 aromatic heterocycles. The Bertz CT molecular complexity index is 2850. The van der Waals surface area contributed by atoms with Gasteiger partial charge in [0, 0.05) is 92.3 Å². The summed E-state index contributed by atoms with van der Waals surface area (Å²) in [6.45, 7) is 14.4. The van der Waals surface area contributed by atoms with Crippen LogP contribution in [0.15, 0.2) is 41.9 Å². The maximum Gasteiger partial charge on any atom is 0.406 e. The fourth-order valence-corrected chi connectivity index (χ4v) is 11.4. The summed E-state index contributed by atoms with van der Waals surface area (Å²) >= 11 is 1.29. The van der Waals surface area contributed by atoms with Gasteiger partial charge < -0.3 is 29.2 Å². The van der Waals surface area contributed by atoms with E-state index in [0.29, 0.717) is 75.5 Å². The van der Waals surface area contributed by atoms with E-state index in [0.717, 1.165) is 19.5 Å². The van der Waals surface area contributed by atoms with Gasteiger partial charge in [-0.25, -0.2) is 10.4 Å². The number of thiazole rings is 1. The number of pyridine rings is 1. The number of hydrogen-bond donors (Lipinski definition) is 2. The summed E-state index contributed by atoms with van der Waals surface area (Å²) in [4.78, 5) is 85.4.